The van der Waals surface area contributed by atoms with E-state index in [1.807, 2.05) is 0 Å². The van der Waals surface area contributed by atoms with Crippen LogP contribution in [0, 0.1) is 0 Å². The Morgan fingerprint density at radius 1 is 0.886 bits per heavy atom. The van der Waals surface area contributed by atoms with Gasteiger partial charge in [0.25, 0.3) is 20.2 Å². The van der Waals surface area contributed by atoms with Crippen molar-refractivity contribution in [1.29, 1.82) is 0 Å². The van der Waals surface area contributed by atoms with Gasteiger partial charge in [-0.15, -0.1) is 5.11 Å². The Hall–Kier alpha value is -3.48. The largest absolute Gasteiger partial charge is 0.505 e. The number of carbonyl (C=O) groups is 1. The highest BCUT2D eigenvalue weighted by Crippen LogP contribution is 2.45. The second-order valence-corrected chi connectivity index (χ2v) is 11.4. The lowest BCUT2D eigenvalue weighted by molar-refractivity contribution is -0.114. The average molecular weight is 545 g/mol. The van der Waals surface area contributed by atoms with Crippen molar-refractivity contribution in [3.63, 3.8) is 0 Å². The van der Waals surface area contributed by atoms with Crippen LogP contribution < -0.4 is 10.5 Å². The van der Waals surface area contributed by atoms with Gasteiger partial charge in [0.15, 0.2) is 5.75 Å². The van der Waals surface area contributed by atoms with Crippen molar-refractivity contribution < 1.29 is 44.3 Å². The Bertz CT molecular complexity index is 1710. The van der Waals surface area contributed by atoms with Gasteiger partial charge in [-0.25, -0.2) is 13.6 Å². The summed E-state index contributed by atoms with van der Waals surface area (Å²) in [6.45, 7) is 1.07. The Balaban J connectivity index is 2.32. The van der Waals surface area contributed by atoms with E-state index < -0.39 is 57.4 Å². The first-order valence-electron chi connectivity index (χ1n) is 9.09. The minimum Gasteiger partial charge on any atom is -0.505 e. The highest BCUT2D eigenvalue weighted by molar-refractivity contribution is 7.89. The molecule has 6 N–H and O–H groups in total. The molecule has 0 aliphatic carbocycles. The van der Waals surface area contributed by atoms with E-state index >= 15 is 0 Å². The molecule has 3 aromatic rings. The van der Waals surface area contributed by atoms with Gasteiger partial charge in [-0.05, 0) is 47.9 Å². The van der Waals surface area contributed by atoms with Crippen LogP contribution >= 0.6 is 0 Å². The number of primary sulfonamides is 1. The van der Waals surface area contributed by atoms with Crippen molar-refractivity contribution in [2.24, 2.45) is 15.4 Å². The molecule has 17 heteroatoms. The van der Waals surface area contributed by atoms with Gasteiger partial charge in [-0.2, -0.15) is 21.9 Å². The van der Waals surface area contributed by atoms with E-state index in [-0.39, 0.29) is 27.0 Å². The van der Waals surface area contributed by atoms with E-state index in [0.717, 1.165) is 37.3 Å². The van der Waals surface area contributed by atoms with Crippen LogP contribution in [0.4, 0.5) is 17.1 Å². The number of hydrogen-bond acceptors (Lipinski definition) is 10. The molecule has 0 aromatic heterocycles. The zero-order chi connectivity index (χ0) is 26.3. The molecule has 0 fully saturated rings. The molecular formula is C18H16N4O10S3. The number of fused-ring (bicyclic) bond motifs is 1. The number of azo groups is 1. The SMILES string of the molecule is CC(=O)Nc1cc(S(=O)(=O)O)cc2cc(S(=O)(=O)O)c(N=Nc3ccc(S(N)(=O)=O)cc3)c(O)c12. The molecule has 3 aromatic carbocycles. The van der Waals surface area contributed by atoms with Crippen LogP contribution in [-0.4, -0.2) is 45.4 Å². The Morgan fingerprint density at radius 2 is 1.49 bits per heavy atom. The molecule has 35 heavy (non-hydrogen) atoms. The molecule has 0 atom stereocenters. The van der Waals surface area contributed by atoms with E-state index in [2.05, 4.69) is 15.5 Å². The summed E-state index contributed by atoms with van der Waals surface area (Å²) < 4.78 is 89.0. The summed E-state index contributed by atoms with van der Waals surface area (Å²) in [5, 5.41) is 24.9. The number of nitrogens with zero attached hydrogens (tertiary/aromatic N) is 2. The maximum Gasteiger partial charge on any atom is 0.296 e. The maximum absolute atomic E-state index is 12.0. The van der Waals surface area contributed by atoms with E-state index in [0.29, 0.717) is 0 Å². The number of rotatable bonds is 6. The van der Waals surface area contributed by atoms with Crippen LogP contribution in [-0.2, 0) is 35.1 Å². The topological polar surface area (TPSA) is 243 Å². The standard InChI is InChI=1S/C18H16N4O10S3/c1-9(23)20-14-8-13(34(27,28)29)6-10-7-15(35(30,31)32)17(18(24)16(10)14)22-21-11-2-4-12(5-3-11)33(19,25)26/h2-8,24H,1H3,(H,20,23)(H2,19,25,26)(H,27,28,29)(H,30,31,32). The molecule has 0 saturated carbocycles. The molecule has 0 aliphatic heterocycles. The van der Waals surface area contributed by atoms with Crippen LogP contribution in [0.25, 0.3) is 10.8 Å². The Kier molecular flexibility index (Phi) is 6.68. The first kappa shape index (κ1) is 26.1. The van der Waals surface area contributed by atoms with Crippen LogP contribution in [0.1, 0.15) is 6.92 Å². The molecule has 3 rings (SSSR count). The van der Waals surface area contributed by atoms with Gasteiger partial charge >= 0.3 is 0 Å². The smallest absolute Gasteiger partial charge is 0.296 e. The number of aromatic hydroxyl groups is 1. The van der Waals surface area contributed by atoms with Gasteiger partial charge in [0, 0.05) is 12.3 Å². The third-order valence-corrected chi connectivity index (χ3v) is 7.07. The van der Waals surface area contributed by atoms with Gasteiger partial charge in [0.05, 0.1) is 21.2 Å². The summed E-state index contributed by atoms with van der Waals surface area (Å²) in [5.74, 6) is -1.61. The van der Waals surface area contributed by atoms with E-state index in [9.17, 15) is 44.3 Å². The number of sulfonamides is 1. The van der Waals surface area contributed by atoms with Crippen molar-refractivity contribution in [3.05, 3.63) is 42.5 Å². The first-order valence-corrected chi connectivity index (χ1v) is 13.5. The normalized spacial score (nSPS) is 12.8. The van der Waals surface area contributed by atoms with Gasteiger partial charge in [-0.1, -0.05) is 0 Å². The Morgan fingerprint density at radius 3 is 1.97 bits per heavy atom. The molecule has 0 spiro atoms. The van der Waals surface area contributed by atoms with Gasteiger partial charge in [0.2, 0.25) is 15.9 Å². The predicted octanol–water partition coefficient (Wildman–Crippen LogP) is 2.06. The highest BCUT2D eigenvalue weighted by atomic mass is 32.2. The number of nitrogens with two attached hydrogens (primary N) is 1. The summed E-state index contributed by atoms with van der Waals surface area (Å²) >= 11 is 0. The number of hydrogen-bond donors (Lipinski definition) is 5. The number of nitrogens with one attached hydrogen (secondary N) is 1. The Labute approximate surface area is 198 Å². The lowest BCUT2D eigenvalue weighted by atomic mass is 10.1. The number of phenolic OH excluding ortho intramolecular Hbond substituents is 1. The molecule has 0 saturated heterocycles. The molecule has 0 radical (unpaired) electrons. The molecule has 186 valence electrons. The minimum absolute atomic E-state index is 0.00184. The average Bonchev–Trinajstić information content (AvgIpc) is 2.70. The van der Waals surface area contributed by atoms with Crippen molar-refractivity contribution in [2.45, 2.75) is 21.6 Å². The second kappa shape index (κ2) is 8.95. The van der Waals surface area contributed by atoms with Crippen LogP contribution in [0.3, 0.4) is 0 Å². The second-order valence-electron chi connectivity index (χ2n) is 7.01. The lowest BCUT2D eigenvalue weighted by Gasteiger charge is -2.14. The summed E-state index contributed by atoms with van der Waals surface area (Å²) in [6, 6.07) is 6.92. The quantitative estimate of drug-likeness (QED) is 0.223. The lowest BCUT2D eigenvalue weighted by Crippen LogP contribution is -2.11. The summed E-state index contributed by atoms with van der Waals surface area (Å²) in [4.78, 5) is 9.66. The third-order valence-electron chi connectivity index (χ3n) is 4.44. The molecule has 0 heterocycles. The van der Waals surface area contributed by atoms with Crippen molar-refractivity contribution >= 4 is 64.0 Å². The first-order chi connectivity index (χ1) is 16.0. The predicted molar refractivity (Wildman–Crippen MR) is 122 cm³/mol. The molecule has 1 amide bonds. The zero-order valence-corrected chi connectivity index (χ0v) is 19.9. The van der Waals surface area contributed by atoms with Gasteiger partial charge in [-0.3, -0.25) is 13.9 Å². The highest BCUT2D eigenvalue weighted by Gasteiger charge is 2.25. The summed E-state index contributed by atoms with van der Waals surface area (Å²) in [6.07, 6.45) is 0. The van der Waals surface area contributed by atoms with Crippen molar-refractivity contribution in [2.75, 3.05) is 5.32 Å². The van der Waals surface area contributed by atoms with Crippen LogP contribution in [0.15, 0.2) is 67.4 Å². The molecule has 0 unspecified atom stereocenters. The fourth-order valence-electron chi connectivity index (χ4n) is 3.00. The number of benzene rings is 3. The number of anilines is 1. The summed E-state index contributed by atoms with van der Waals surface area (Å²) in [5.41, 5.74) is -1.10. The number of amides is 1. The van der Waals surface area contributed by atoms with Crippen LogP contribution in [0.2, 0.25) is 0 Å². The van der Waals surface area contributed by atoms with Gasteiger partial charge < -0.3 is 10.4 Å². The number of carbonyl (C=O) groups excluding carboxylic acids is 1. The summed E-state index contributed by atoms with van der Waals surface area (Å²) in [7, 11) is -13.9. The molecular weight excluding hydrogens is 528 g/mol. The fourth-order valence-corrected chi connectivity index (χ4v) is 4.72. The van der Waals surface area contributed by atoms with Crippen LogP contribution in [0.5, 0.6) is 5.75 Å². The zero-order valence-electron chi connectivity index (χ0n) is 17.4. The minimum atomic E-state index is -5.07. The van der Waals surface area contributed by atoms with Crippen molar-refractivity contribution in [3.8, 4) is 5.75 Å². The third kappa shape index (κ3) is 5.78. The van der Waals surface area contributed by atoms with E-state index in [1.54, 1.807) is 0 Å². The van der Waals surface area contributed by atoms with Crippen molar-refractivity contribution in [1.82, 2.24) is 0 Å². The number of phenols is 1. The van der Waals surface area contributed by atoms with E-state index in [1.165, 1.54) is 12.1 Å². The monoisotopic (exact) mass is 544 g/mol. The molecule has 0 bridgehead atoms. The maximum atomic E-state index is 12.0. The fraction of sp³-hybridized carbons (Fsp3) is 0.0556. The van der Waals surface area contributed by atoms with Gasteiger partial charge in [0.1, 0.15) is 10.6 Å². The molecule has 0 aliphatic rings. The molecule has 14 nitrogen and oxygen atoms in total. The van der Waals surface area contributed by atoms with E-state index in [4.69, 9.17) is 5.14 Å².